The van der Waals surface area contributed by atoms with E-state index in [1.54, 1.807) is 6.07 Å². The van der Waals surface area contributed by atoms with Gasteiger partial charge in [0.25, 0.3) is 0 Å². The summed E-state index contributed by atoms with van der Waals surface area (Å²) in [6.45, 7) is 0. The zero-order valence-electron chi connectivity index (χ0n) is 11.0. The van der Waals surface area contributed by atoms with E-state index in [1.165, 1.54) is 37.8 Å². The molecule has 1 aromatic carbocycles. The summed E-state index contributed by atoms with van der Waals surface area (Å²) in [6.07, 6.45) is 3.13. The summed E-state index contributed by atoms with van der Waals surface area (Å²) in [4.78, 5) is 3.12. The molecule has 5 heteroatoms. The molecular weight excluding hydrogens is 267 g/mol. The first-order valence-corrected chi connectivity index (χ1v) is 6.87. The van der Waals surface area contributed by atoms with Gasteiger partial charge in [0.1, 0.15) is 5.75 Å². The van der Waals surface area contributed by atoms with Crippen molar-refractivity contribution in [1.29, 1.82) is 0 Å². The highest BCUT2D eigenvalue weighted by Gasteiger charge is 2.31. The summed E-state index contributed by atoms with van der Waals surface area (Å²) in [7, 11) is 0. The van der Waals surface area contributed by atoms with Gasteiger partial charge in [-0.1, -0.05) is 25.7 Å². The average molecular weight is 283 g/mol. The molecule has 1 N–H and O–H groups in total. The molecular formula is C15H16F3NO. The number of alkyl halides is 3. The first-order chi connectivity index (χ1) is 9.51. The zero-order chi connectivity index (χ0) is 14.2. The molecule has 2 nitrogen and oxygen atoms in total. The predicted molar refractivity (Wildman–Crippen MR) is 70.6 cm³/mol. The largest absolute Gasteiger partial charge is 0.573 e. The second-order valence-electron chi connectivity index (χ2n) is 5.42. The van der Waals surface area contributed by atoms with Crippen LogP contribution in [0.1, 0.15) is 31.2 Å². The summed E-state index contributed by atoms with van der Waals surface area (Å²) in [6, 6.07) is 4.45. The lowest BCUT2D eigenvalue weighted by Crippen LogP contribution is -2.17. The van der Waals surface area contributed by atoms with Crippen LogP contribution in [0.4, 0.5) is 13.2 Å². The number of hydrogen-bond donors (Lipinski definition) is 1. The predicted octanol–water partition coefficient (Wildman–Crippen LogP) is 4.80. The van der Waals surface area contributed by atoms with Crippen molar-refractivity contribution in [2.45, 2.75) is 38.5 Å². The molecule has 0 unspecified atom stereocenters. The number of aromatic amines is 1. The normalized spacial score (nSPS) is 16.9. The number of halogens is 3. The van der Waals surface area contributed by atoms with Crippen LogP contribution in [0, 0.1) is 5.92 Å². The Morgan fingerprint density at radius 2 is 1.95 bits per heavy atom. The van der Waals surface area contributed by atoms with E-state index in [0.29, 0.717) is 5.92 Å². The Morgan fingerprint density at radius 3 is 2.65 bits per heavy atom. The Hall–Kier alpha value is -1.65. The van der Waals surface area contributed by atoms with E-state index in [0.717, 1.165) is 22.9 Å². The Kier molecular flexibility index (Phi) is 3.36. The average Bonchev–Trinajstić information content (AvgIpc) is 2.98. The van der Waals surface area contributed by atoms with Crippen LogP contribution in [0.5, 0.6) is 5.75 Å². The summed E-state index contributed by atoms with van der Waals surface area (Å²) in [5, 5.41) is 0.832. The third-order valence-corrected chi connectivity index (χ3v) is 3.96. The molecule has 0 spiro atoms. The van der Waals surface area contributed by atoms with Crippen molar-refractivity contribution in [1.82, 2.24) is 4.98 Å². The van der Waals surface area contributed by atoms with E-state index in [4.69, 9.17) is 0 Å². The summed E-state index contributed by atoms with van der Waals surface area (Å²) < 4.78 is 40.8. The molecule has 0 saturated heterocycles. The number of fused-ring (bicyclic) bond motifs is 1. The molecule has 0 aliphatic heterocycles. The number of aromatic nitrogens is 1. The SMILES string of the molecule is FC(F)(F)Oc1ccc2[nH]cc(CC3CCCC3)c2c1. The fraction of sp³-hybridized carbons (Fsp3) is 0.467. The van der Waals surface area contributed by atoms with Crippen molar-refractivity contribution in [2.75, 3.05) is 0 Å². The molecule has 1 aliphatic carbocycles. The van der Waals surface area contributed by atoms with Crippen molar-refractivity contribution >= 4 is 10.9 Å². The van der Waals surface area contributed by atoms with E-state index < -0.39 is 6.36 Å². The van der Waals surface area contributed by atoms with Gasteiger partial charge >= 0.3 is 6.36 Å². The fourth-order valence-corrected chi connectivity index (χ4v) is 3.05. The monoisotopic (exact) mass is 283 g/mol. The van der Waals surface area contributed by atoms with Gasteiger partial charge in [-0.2, -0.15) is 0 Å². The fourth-order valence-electron chi connectivity index (χ4n) is 3.05. The minimum Gasteiger partial charge on any atom is -0.406 e. The van der Waals surface area contributed by atoms with Crippen molar-refractivity contribution < 1.29 is 17.9 Å². The third-order valence-electron chi connectivity index (χ3n) is 3.96. The van der Waals surface area contributed by atoms with Crippen molar-refractivity contribution in [2.24, 2.45) is 5.92 Å². The lowest BCUT2D eigenvalue weighted by molar-refractivity contribution is -0.274. The van der Waals surface area contributed by atoms with Gasteiger partial charge in [-0.15, -0.1) is 13.2 Å². The van der Waals surface area contributed by atoms with Gasteiger partial charge in [-0.25, -0.2) is 0 Å². The smallest absolute Gasteiger partial charge is 0.406 e. The van der Waals surface area contributed by atoms with Crippen molar-refractivity contribution in [3.63, 3.8) is 0 Å². The molecule has 0 atom stereocenters. The Bertz CT molecular complexity index is 597. The molecule has 20 heavy (non-hydrogen) atoms. The van der Waals surface area contributed by atoms with Crippen molar-refractivity contribution in [3.05, 3.63) is 30.0 Å². The topological polar surface area (TPSA) is 25.0 Å². The maximum atomic E-state index is 12.3. The minimum atomic E-state index is -4.64. The Labute approximate surface area is 114 Å². The highest BCUT2D eigenvalue weighted by atomic mass is 19.4. The van der Waals surface area contributed by atoms with E-state index >= 15 is 0 Å². The van der Waals surface area contributed by atoms with Gasteiger partial charge < -0.3 is 9.72 Å². The van der Waals surface area contributed by atoms with Crippen LogP contribution < -0.4 is 4.74 Å². The van der Waals surface area contributed by atoms with E-state index in [2.05, 4.69) is 9.72 Å². The first kappa shape index (κ1) is 13.3. The molecule has 1 heterocycles. The van der Waals surface area contributed by atoms with Crippen molar-refractivity contribution in [3.8, 4) is 5.75 Å². The van der Waals surface area contributed by atoms with Crippen LogP contribution in [0.25, 0.3) is 10.9 Å². The highest BCUT2D eigenvalue weighted by molar-refractivity contribution is 5.84. The molecule has 1 fully saturated rings. The Morgan fingerprint density at radius 1 is 1.20 bits per heavy atom. The van der Waals surface area contributed by atoms with E-state index in [-0.39, 0.29) is 5.75 Å². The first-order valence-electron chi connectivity index (χ1n) is 6.87. The molecule has 0 bridgehead atoms. The van der Waals surface area contributed by atoms with Gasteiger partial charge in [-0.05, 0) is 36.1 Å². The van der Waals surface area contributed by atoms with E-state index in [1.807, 2.05) is 6.20 Å². The van der Waals surface area contributed by atoms with Gasteiger partial charge in [-0.3, -0.25) is 0 Å². The number of hydrogen-bond acceptors (Lipinski definition) is 1. The van der Waals surface area contributed by atoms with Gasteiger partial charge in [0.05, 0.1) is 0 Å². The van der Waals surface area contributed by atoms with Crippen LogP contribution in [-0.4, -0.2) is 11.3 Å². The summed E-state index contributed by atoms with van der Waals surface area (Å²) in [5.74, 6) is 0.499. The maximum absolute atomic E-state index is 12.3. The minimum absolute atomic E-state index is 0.155. The number of ether oxygens (including phenoxy) is 1. The van der Waals surface area contributed by atoms with Crippen LogP contribution >= 0.6 is 0 Å². The standard InChI is InChI=1S/C15H16F3NO/c16-15(17,18)20-12-5-6-14-13(8-12)11(9-19-14)7-10-3-1-2-4-10/h5-6,8-10,19H,1-4,7H2. The number of nitrogens with one attached hydrogen (secondary N) is 1. The molecule has 108 valence electrons. The van der Waals surface area contributed by atoms with Crippen LogP contribution in [0.2, 0.25) is 0 Å². The summed E-state index contributed by atoms with van der Waals surface area (Å²) in [5.41, 5.74) is 1.94. The summed E-state index contributed by atoms with van der Waals surface area (Å²) >= 11 is 0. The molecule has 2 aromatic rings. The van der Waals surface area contributed by atoms with Gasteiger partial charge in [0.15, 0.2) is 0 Å². The Balaban J connectivity index is 1.87. The highest BCUT2D eigenvalue weighted by Crippen LogP contribution is 2.32. The van der Waals surface area contributed by atoms with Crippen LogP contribution in [0.3, 0.4) is 0 Å². The number of H-pyrrole nitrogens is 1. The zero-order valence-corrected chi connectivity index (χ0v) is 11.0. The van der Waals surface area contributed by atoms with E-state index in [9.17, 15) is 13.2 Å². The third kappa shape index (κ3) is 2.92. The number of benzene rings is 1. The molecule has 3 rings (SSSR count). The molecule has 0 amide bonds. The maximum Gasteiger partial charge on any atom is 0.573 e. The second kappa shape index (κ2) is 5.04. The second-order valence-corrected chi connectivity index (χ2v) is 5.42. The quantitative estimate of drug-likeness (QED) is 0.860. The molecule has 0 radical (unpaired) electrons. The number of rotatable bonds is 3. The molecule has 1 aromatic heterocycles. The molecule has 1 aliphatic rings. The van der Waals surface area contributed by atoms with Gasteiger partial charge in [0, 0.05) is 17.1 Å². The lowest BCUT2D eigenvalue weighted by Gasteiger charge is -2.10. The molecule has 1 saturated carbocycles. The van der Waals surface area contributed by atoms with Crippen LogP contribution in [0.15, 0.2) is 24.4 Å². The van der Waals surface area contributed by atoms with Crippen LogP contribution in [-0.2, 0) is 6.42 Å². The van der Waals surface area contributed by atoms with Gasteiger partial charge in [0.2, 0.25) is 0 Å². The lowest BCUT2D eigenvalue weighted by atomic mass is 9.98.